The van der Waals surface area contributed by atoms with E-state index in [-0.39, 0.29) is 11.3 Å². The molecule has 7 rings (SSSR count). The highest BCUT2D eigenvalue weighted by molar-refractivity contribution is 5.88. The molecule has 11 heteroatoms. The molecule has 0 unspecified atom stereocenters. The minimum Gasteiger partial charge on any atom is -0.452 e. The van der Waals surface area contributed by atoms with Gasteiger partial charge in [0.25, 0.3) is 0 Å². The number of benzene rings is 2. The van der Waals surface area contributed by atoms with Gasteiger partial charge in [0.1, 0.15) is 22.5 Å². The lowest BCUT2D eigenvalue weighted by atomic mass is 10.2. The van der Waals surface area contributed by atoms with Crippen molar-refractivity contribution in [2.45, 2.75) is 31.9 Å². The number of hydrogen-bond donors (Lipinski definition) is 2. The van der Waals surface area contributed by atoms with Crippen molar-refractivity contribution in [2.24, 2.45) is 0 Å². The predicted molar refractivity (Wildman–Crippen MR) is 133 cm³/mol. The first-order chi connectivity index (χ1) is 18.0. The number of aliphatic hydroxyl groups is 1. The van der Waals surface area contributed by atoms with Gasteiger partial charge in [-0.1, -0.05) is 0 Å². The highest BCUT2D eigenvalue weighted by Crippen LogP contribution is 2.38. The van der Waals surface area contributed by atoms with Crippen molar-refractivity contribution in [2.75, 3.05) is 0 Å². The molecule has 1 aliphatic carbocycles. The van der Waals surface area contributed by atoms with Gasteiger partial charge in [-0.15, -0.1) is 0 Å². The highest BCUT2D eigenvalue weighted by Gasteiger charge is 2.40. The van der Waals surface area contributed by atoms with Crippen molar-refractivity contribution < 1.29 is 14.2 Å². The molecule has 4 heterocycles. The molecule has 4 aromatic heterocycles. The molecular formula is C26H21FN8O2. The largest absolute Gasteiger partial charge is 0.452 e. The summed E-state index contributed by atoms with van der Waals surface area (Å²) in [6, 6.07) is 6.82. The molecule has 6 aromatic rings. The molecular weight excluding hydrogens is 475 g/mol. The Kier molecular flexibility index (Phi) is 4.64. The maximum Gasteiger partial charge on any atom is 0.193 e. The van der Waals surface area contributed by atoms with Gasteiger partial charge in [-0.3, -0.25) is 9.67 Å². The van der Waals surface area contributed by atoms with Crippen LogP contribution in [0.1, 0.15) is 18.7 Å². The van der Waals surface area contributed by atoms with E-state index in [0.29, 0.717) is 46.1 Å². The van der Waals surface area contributed by atoms with Gasteiger partial charge in [0, 0.05) is 24.2 Å². The Hall–Kier alpha value is -4.64. The Morgan fingerprint density at radius 2 is 1.97 bits per heavy atom. The normalized spacial score (nSPS) is 14.5. The van der Waals surface area contributed by atoms with E-state index in [1.54, 1.807) is 71.6 Å². The van der Waals surface area contributed by atoms with Crippen LogP contribution in [0.25, 0.3) is 39.0 Å². The van der Waals surface area contributed by atoms with Crippen LogP contribution < -0.4 is 4.74 Å². The predicted octanol–water partition coefficient (Wildman–Crippen LogP) is 4.32. The zero-order chi connectivity index (χ0) is 25.1. The molecule has 2 aromatic carbocycles. The van der Waals surface area contributed by atoms with Crippen molar-refractivity contribution >= 4 is 22.1 Å². The zero-order valence-electron chi connectivity index (χ0n) is 19.8. The lowest BCUT2D eigenvalue weighted by Gasteiger charge is -2.15. The van der Waals surface area contributed by atoms with E-state index in [2.05, 4.69) is 25.0 Å². The van der Waals surface area contributed by atoms with Gasteiger partial charge in [-0.05, 0) is 44.0 Å². The molecule has 0 spiro atoms. The SMILES string of the molecule is Cc1nc2c(F)c(Oc3ccc4ncc(-c5cnn(CC6(O)CC6)c5)nc4c3-n3ccnc3)ccc2[nH]1. The fraction of sp³-hybridized carbons (Fsp3) is 0.192. The maximum absolute atomic E-state index is 15.3. The number of halogens is 1. The second-order valence-electron chi connectivity index (χ2n) is 9.35. The number of ether oxygens (including phenoxy) is 1. The number of rotatable bonds is 6. The summed E-state index contributed by atoms with van der Waals surface area (Å²) in [6.07, 6.45) is 11.8. The van der Waals surface area contributed by atoms with Gasteiger partial charge in [0.2, 0.25) is 0 Å². The van der Waals surface area contributed by atoms with Gasteiger partial charge in [0.15, 0.2) is 17.3 Å². The third-order valence-corrected chi connectivity index (χ3v) is 6.52. The molecule has 37 heavy (non-hydrogen) atoms. The third kappa shape index (κ3) is 3.80. The number of aromatic nitrogens is 8. The Bertz CT molecular complexity index is 1790. The highest BCUT2D eigenvalue weighted by atomic mass is 19.1. The quantitative estimate of drug-likeness (QED) is 0.352. The summed E-state index contributed by atoms with van der Waals surface area (Å²) in [5.41, 5.74) is 3.30. The minimum atomic E-state index is -0.661. The van der Waals surface area contributed by atoms with E-state index in [1.165, 1.54) is 0 Å². The first-order valence-corrected chi connectivity index (χ1v) is 11.8. The Balaban J connectivity index is 1.34. The summed E-state index contributed by atoms with van der Waals surface area (Å²) in [4.78, 5) is 20.9. The number of aromatic amines is 1. The van der Waals surface area contributed by atoms with Crippen molar-refractivity contribution in [1.29, 1.82) is 0 Å². The van der Waals surface area contributed by atoms with E-state index < -0.39 is 11.4 Å². The van der Waals surface area contributed by atoms with Crippen LogP contribution >= 0.6 is 0 Å². The summed E-state index contributed by atoms with van der Waals surface area (Å²) in [5.74, 6) is 0.494. The van der Waals surface area contributed by atoms with Crippen LogP contribution in [0.2, 0.25) is 0 Å². The first-order valence-electron chi connectivity index (χ1n) is 11.8. The molecule has 0 aliphatic heterocycles. The van der Waals surface area contributed by atoms with Crippen LogP contribution in [0.5, 0.6) is 11.5 Å². The molecule has 0 atom stereocenters. The van der Waals surface area contributed by atoms with E-state index in [1.807, 2.05) is 6.20 Å². The van der Waals surface area contributed by atoms with Crippen molar-refractivity contribution in [3.05, 3.63) is 73.2 Å². The molecule has 1 aliphatic rings. The Morgan fingerprint density at radius 3 is 2.78 bits per heavy atom. The molecule has 10 nitrogen and oxygen atoms in total. The second kappa shape index (κ2) is 7.93. The number of nitrogens with one attached hydrogen (secondary N) is 1. The van der Waals surface area contributed by atoms with E-state index in [0.717, 1.165) is 18.4 Å². The minimum absolute atomic E-state index is 0.0446. The summed E-state index contributed by atoms with van der Waals surface area (Å²) in [7, 11) is 0. The first kappa shape index (κ1) is 21.6. The van der Waals surface area contributed by atoms with E-state index in [9.17, 15) is 5.11 Å². The van der Waals surface area contributed by atoms with Crippen LogP contribution in [0.3, 0.4) is 0 Å². The number of H-pyrrole nitrogens is 1. The molecule has 1 saturated carbocycles. The number of aryl methyl sites for hydroxylation is 1. The fourth-order valence-electron chi connectivity index (χ4n) is 4.44. The molecule has 2 N–H and O–H groups in total. The van der Waals surface area contributed by atoms with Crippen LogP contribution in [-0.4, -0.2) is 50.0 Å². The van der Waals surface area contributed by atoms with Gasteiger partial charge >= 0.3 is 0 Å². The number of hydrogen-bond acceptors (Lipinski definition) is 7. The van der Waals surface area contributed by atoms with E-state index in [4.69, 9.17) is 9.72 Å². The molecule has 0 bridgehead atoms. The fourth-order valence-corrected chi connectivity index (χ4v) is 4.44. The molecule has 0 radical (unpaired) electrons. The Labute approximate surface area is 209 Å². The van der Waals surface area contributed by atoms with Gasteiger partial charge in [-0.25, -0.2) is 19.3 Å². The van der Waals surface area contributed by atoms with E-state index >= 15 is 4.39 Å². The smallest absolute Gasteiger partial charge is 0.193 e. The zero-order valence-corrected chi connectivity index (χ0v) is 19.8. The van der Waals surface area contributed by atoms with Gasteiger partial charge in [0.05, 0.1) is 47.6 Å². The topological polar surface area (TPSA) is 120 Å². The molecule has 1 fully saturated rings. The summed E-state index contributed by atoms with van der Waals surface area (Å²) in [6.45, 7) is 2.21. The lowest BCUT2D eigenvalue weighted by molar-refractivity contribution is 0.125. The molecule has 0 amide bonds. The maximum atomic E-state index is 15.3. The van der Waals surface area contributed by atoms with Gasteiger partial charge in [-0.2, -0.15) is 5.10 Å². The summed E-state index contributed by atoms with van der Waals surface area (Å²) in [5, 5.41) is 14.6. The summed E-state index contributed by atoms with van der Waals surface area (Å²) >= 11 is 0. The molecule has 0 saturated heterocycles. The van der Waals surface area contributed by atoms with Gasteiger partial charge < -0.3 is 19.4 Å². The number of fused-ring (bicyclic) bond motifs is 2. The van der Waals surface area contributed by atoms with Crippen LogP contribution in [0.15, 0.2) is 61.6 Å². The second-order valence-corrected chi connectivity index (χ2v) is 9.35. The number of nitrogens with zero attached hydrogens (tertiary/aromatic N) is 7. The van der Waals surface area contributed by atoms with Crippen molar-refractivity contribution in [1.82, 2.24) is 39.3 Å². The Morgan fingerprint density at radius 1 is 1.11 bits per heavy atom. The lowest BCUT2D eigenvalue weighted by Crippen LogP contribution is -2.16. The summed E-state index contributed by atoms with van der Waals surface area (Å²) < 4.78 is 24.9. The van der Waals surface area contributed by atoms with Crippen molar-refractivity contribution in [3.63, 3.8) is 0 Å². The van der Waals surface area contributed by atoms with Crippen LogP contribution in [-0.2, 0) is 6.54 Å². The van der Waals surface area contributed by atoms with Crippen LogP contribution in [0, 0.1) is 12.7 Å². The average Bonchev–Trinajstić information content (AvgIpc) is 3.32. The monoisotopic (exact) mass is 496 g/mol. The van der Waals surface area contributed by atoms with Crippen LogP contribution in [0.4, 0.5) is 4.39 Å². The molecule has 184 valence electrons. The number of imidazole rings is 2. The van der Waals surface area contributed by atoms with Crippen molar-refractivity contribution in [3.8, 4) is 28.4 Å². The third-order valence-electron chi connectivity index (χ3n) is 6.52. The standard InChI is InChI=1S/C26H21FN8O2/c1-15-31-18-3-4-20(22(27)23(18)32-15)37-21-5-2-17-24(25(21)34-9-8-28-14-34)33-19(11-29-17)16-10-30-35(12-16)13-26(36)6-7-26/h2-5,8-12,14,36H,6-7,13H2,1H3,(H,31,32). The average molecular weight is 497 g/mol.